The number of nitrogens with one attached hydrogen (secondary N) is 2. The highest BCUT2D eigenvalue weighted by molar-refractivity contribution is 7.18. The molecule has 0 amide bonds. The van der Waals surface area contributed by atoms with Crippen molar-refractivity contribution in [1.29, 1.82) is 0 Å². The first-order valence-electron chi connectivity index (χ1n) is 8.86. The van der Waals surface area contributed by atoms with Crippen molar-refractivity contribution in [1.82, 2.24) is 9.97 Å². The summed E-state index contributed by atoms with van der Waals surface area (Å²) >= 11 is 3.37. The lowest BCUT2D eigenvalue weighted by Crippen LogP contribution is -3.12. The van der Waals surface area contributed by atoms with Crippen molar-refractivity contribution in [2.24, 2.45) is 0 Å². The Balaban J connectivity index is 1.71. The fraction of sp³-hybridized carbons (Fsp3) is 0.444. The molecule has 1 fully saturated rings. The Morgan fingerprint density at radius 3 is 2.88 bits per heavy atom. The summed E-state index contributed by atoms with van der Waals surface area (Å²) in [6.07, 6.45) is -0.433. The first-order valence-corrected chi connectivity index (χ1v) is 10.6. The molecule has 4 heterocycles. The van der Waals surface area contributed by atoms with E-state index in [0.717, 1.165) is 54.7 Å². The van der Waals surface area contributed by atoms with E-state index in [4.69, 9.17) is 14.7 Å². The van der Waals surface area contributed by atoms with Gasteiger partial charge in [-0.15, -0.1) is 22.7 Å². The van der Waals surface area contributed by atoms with Crippen molar-refractivity contribution in [2.75, 3.05) is 38.2 Å². The molecule has 1 saturated heterocycles. The van der Waals surface area contributed by atoms with Crippen LogP contribution >= 0.6 is 22.7 Å². The molecule has 1 atom stereocenters. The molecule has 0 spiro atoms. The van der Waals surface area contributed by atoms with Crippen molar-refractivity contribution in [3.63, 3.8) is 0 Å². The molecular formula is C18H23N4O2S2+. The third-order valence-electron chi connectivity index (χ3n) is 4.44. The van der Waals surface area contributed by atoms with Crippen LogP contribution in [0.4, 0.5) is 5.82 Å². The number of aromatic nitrogens is 2. The minimum absolute atomic E-state index is 0.433. The van der Waals surface area contributed by atoms with Crippen molar-refractivity contribution < 1.29 is 14.7 Å². The molecule has 4 rings (SSSR count). The molecule has 3 N–H and O–H groups in total. The smallest absolute Gasteiger partial charge is 0.187 e. The molecule has 8 heteroatoms. The minimum Gasteiger partial charge on any atom is -0.392 e. The second kappa shape index (κ2) is 7.98. The summed E-state index contributed by atoms with van der Waals surface area (Å²) < 4.78 is 5.44. The topological polar surface area (TPSA) is 71.7 Å². The van der Waals surface area contributed by atoms with Crippen LogP contribution in [0, 0.1) is 0 Å². The number of thiophene rings is 2. The second-order valence-electron chi connectivity index (χ2n) is 6.56. The van der Waals surface area contributed by atoms with Gasteiger partial charge in [-0.25, -0.2) is 9.97 Å². The van der Waals surface area contributed by atoms with Gasteiger partial charge in [0.05, 0.1) is 24.7 Å². The standard InChI is InChI=1S/C18H22N4O2S2/c1-12(23)9-19-17-16-13(14-3-2-8-25-14)11-26-18(16)21-15(20-17)10-22-4-6-24-7-5-22/h2-3,8,11-12,23H,4-7,9-10H2,1H3,(H,19,20,21)/p+1/t12-/m1/s1. The molecule has 0 saturated carbocycles. The number of rotatable bonds is 6. The summed E-state index contributed by atoms with van der Waals surface area (Å²) in [4.78, 5) is 13.3. The van der Waals surface area contributed by atoms with Gasteiger partial charge >= 0.3 is 0 Å². The van der Waals surface area contributed by atoms with Crippen LogP contribution in [-0.4, -0.2) is 54.0 Å². The number of morpholine rings is 1. The highest BCUT2D eigenvalue weighted by Crippen LogP contribution is 2.38. The van der Waals surface area contributed by atoms with Gasteiger partial charge < -0.3 is 20.1 Å². The Kier molecular flexibility index (Phi) is 5.46. The Labute approximate surface area is 160 Å². The van der Waals surface area contributed by atoms with E-state index < -0.39 is 6.10 Å². The fourth-order valence-electron chi connectivity index (χ4n) is 3.11. The number of nitrogens with zero attached hydrogens (tertiary/aromatic N) is 2. The number of anilines is 1. The van der Waals surface area contributed by atoms with Crippen molar-refractivity contribution in [3.8, 4) is 10.4 Å². The summed E-state index contributed by atoms with van der Waals surface area (Å²) in [6.45, 7) is 6.62. The molecule has 26 heavy (non-hydrogen) atoms. The van der Waals surface area contributed by atoms with Gasteiger partial charge in [-0.1, -0.05) is 6.07 Å². The van der Waals surface area contributed by atoms with Crippen LogP contribution in [0.1, 0.15) is 12.7 Å². The van der Waals surface area contributed by atoms with Gasteiger partial charge in [0.1, 0.15) is 30.3 Å². The zero-order chi connectivity index (χ0) is 17.9. The molecule has 0 aromatic carbocycles. The van der Waals surface area contributed by atoms with Gasteiger partial charge in [0.2, 0.25) is 0 Å². The number of hydrogen-bond acceptors (Lipinski definition) is 7. The lowest BCUT2D eigenvalue weighted by molar-refractivity contribution is -0.922. The lowest BCUT2D eigenvalue weighted by Gasteiger charge is -2.23. The van der Waals surface area contributed by atoms with Gasteiger partial charge in [0, 0.05) is 22.4 Å². The molecule has 3 aromatic rings. The van der Waals surface area contributed by atoms with E-state index in [2.05, 4.69) is 28.2 Å². The van der Waals surface area contributed by atoms with Crippen LogP contribution < -0.4 is 10.2 Å². The van der Waals surface area contributed by atoms with Crippen LogP contribution in [0.25, 0.3) is 20.7 Å². The summed E-state index contributed by atoms with van der Waals surface area (Å²) in [5, 5.41) is 18.3. The third kappa shape index (κ3) is 3.89. The van der Waals surface area contributed by atoms with Gasteiger partial charge in [-0.2, -0.15) is 0 Å². The van der Waals surface area contributed by atoms with E-state index >= 15 is 0 Å². The summed E-state index contributed by atoms with van der Waals surface area (Å²) in [5.41, 5.74) is 1.17. The number of aliphatic hydroxyl groups excluding tert-OH is 1. The maximum absolute atomic E-state index is 9.70. The van der Waals surface area contributed by atoms with Crippen LogP contribution in [0.3, 0.4) is 0 Å². The number of ether oxygens (including phenoxy) is 1. The zero-order valence-corrected chi connectivity index (χ0v) is 16.3. The van der Waals surface area contributed by atoms with Gasteiger partial charge in [0.15, 0.2) is 5.82 Å². The summed E-state index contributed by atoms with van der Waals surface area (Å²) in [6, 6.07) is 4.18. The highest BCUT2D eigenvalue weighted by Gasteiger charge is 2.20. The van der Waals surface area contributed by atoms with Crippen LogP contribution in [0.5, 0.6) is 0 Å². The molecule has 1 aliphatic heterocycles. The van der Waals surface area contributed by atoms with Crippen LogP contribution in [0.2, 0.25) is 0 Å². The van der Waals surface area contributed by atoms with Crippen molar-refractivity contribution >= 4 is 38.7 Å². The molecular weight excluding hydrogens is 368 g/mol. The largest absolute Gasteiger partial charge is 0.392 e. The van der Waals surface area contributed by atoms with Crippen molar-refractivity contribution in [2.45, 2.75) is 19.6 Å². The summed E-state index contributed by atoms with van der Waals surface area (Å²) in [5.74, 6) is 1.67. The van der Waals surface area contributed by atoms with E-state index in [0.29, 0.717) is 6.54 Å². The Morgan fingerprint density at radius 1 is 1.31 bits per heavy atom. The van der Waals surface area contributed by atoms with E-state index in [1.165, 1.54) is 15.3 Å². The predicted molar refractivity (Wildman–Crippen MR) is 106 cm³/mol. The third-order valence-corrected chi connectivity index (χ3v) is 6.21. The summed E-state index contributed by atoms with van der Waals surface area (Å²) in [7, 11) is 0. The average Bonchev–Trinajstić information content (AvgIpc) is 3.29. The lowest BCUT2D eigenvalue weighted by atomic mass is 10.2. The predicted octanol–water partition coefficient (Wildman–Crippen LogP) is 1.63. The van der Waals surface area contributed by atoms with Gasteiger partial charge in [0.25, 0.3) is 0 Å². The molecule has 1 aliphatic rings. The molecule has 0 unspecified atom stereocenters. The molecule has 138 valence electrons. The number of quaternary nitrogens is 1. The first kappa shape index (κ1) is 17.8. The molecule has 3 aromatic heterocycles. The Morgan fingerprint density at radius 2 is 2.15 bits per heavy atom. The maximum atomic E-state index is 9.70. The second-order valence-corrected chi connectivity index (χ2v) is 8.37. The Bertz CT molecular complexity index is 858. The molecule has 0 radical (unpaired) electrons. The van der Waals surface area contributed by atoms with E-state index in [1.807, 2.05) is 0 Å². The molecule has 0 aliphatic carbocycles. The quantitative estimate of drug-likeness (QED) is 0.596. The molecule has 6 nitrogen and oxygen atoms in total. The highest BCUT2D eigenvalue weighted by atomic mass is 32.1. The van der Waals surface area contributed by atoms with Crippen LogP contribution in [0.15, 0.2) is 22.9 Å². The average molecular weight is 392 g/mol. The number of hydrogen-bond donors (Lipinski definition) is 3. The normalized spacial score (nSPS) is 16.8. The maximum Gasteiger partial charge on any atom is 0.187 e. The first-order chi connectivity index (χ1) is 12.7. The van der Waals surface area contributed by atoms with E-state index in [-0.39, 0.29) is 0 Å². The van der Waals surface area contributed by atoms with Crippen molar-refractivity contribution in [3.05, 3.63) is 28.7 Å². The van der Waals surface area contributed by atoms with Gasteiger partial charge in [-0.3, -0.25) is 0 Å². The van der Waals surface area contributed by atoms with Gasteiger partial charge in [-0.05, 0) is 18.4 Å². The number of aliphatic hydroxyl groups is 1. The number of fused-ring (bicyclic) bond motifs is 1. The Hall–Kier alpha value is -1.58. The monoisotopic (exact) mass is 391 g/mol. The SMILES string of the molecule is C[C@@H](O)CNc1nc(C[NH+]2CCOCC2)nc2scc(-c3cccs3)c12. The zero-order valence-electron chi connectivity index (χ0n) is 14.7. The minimum atomic E-state index is -0.433. The van der Waals surface area contributed by atoms with E-state index in [9.17, 15) is 5.11 Å². The fourth-order valence-corrected chi connectivity index (χ4v) is 4.89. The van der Waals surface area contributed by atoms with Crippen LogP contribution in [-0.2, 0) is 11.3 Å². The van der Waals surface area contributed by atoms with E-state index in [1.54, 1.807) is 29.6 Å². The molecule has 0 bridgehead atoms.